The maximum atomic E-state index is 12.3. The summed E-state index contributed by atoms with van der Waals surface area (Å²) in [7, 11) is 0. The van der Waals surface area contributed by atoms with Crippen LogP contribution in [0.15, 0.2) is 18.2 Å². The van der Waals surface area contributed by atoms with Gasteiger partial charge in [0.2, 0.25) is 0 Å². The second-order valence-electron chi connectivity index (χ2n) is 5.95. The zero-order valence-corrected chi connectivity index (χ0v) is 13.9. The van der Waals surface area contributed by atoms with Gasteiger partial charge in [-0.25, -0.2) is 9.78 Å². The van der Waals surface area contributed by atoms with E-state index in [1.165, 1.54) is 0 Å². The molecule has 1 saturated heterocycles. The van der Waals surface area contributed by atoms with Crippen LogP contribution in [0.2, 0.25) is 0 Å². The number of nitrogens with zero attached hydrogens (tertiary/aromatic N) is 2. The van der Waals surface area contributed by atoms with Crippen LogP contribution >= 0.6 is 11.3 Å². The number of morpholine rings is 1. The third-order valence-electron chi connectivity index (χ3n) is 3.68. The summed E-state index contributed by atoms with van der Waals surface area (Å²) < 4.78 is 6.57. The van der Waals surface area contributed by atoms with Crippen LogP contribution in [-0.4, -0.2) is 41.7 Å². The molecule has 0 spiro atoms. The number of carbonyl (C=O) groups is 1. The highest BCUT2D eigenvalue weighted by Gasteiger charge is 2.21. The van der Waals surface area contributed by atoms with Gasteiger partial charge in [0.05, 0.1) is 27.9 Å². The van der Waals surface area contributed by atoms with Crippen molar-refractivity contribution in [3.8, 4) is 0 Å². The fourth-order valence-corrected chi connectivity index (χ4v) is 3.48. The standard InChI is InChI=1S/C16H21N3O2S/c1-10(2)15-18-13-5-4-12(8-14(13)22-15)17-16(20)19-6-7-21-11(3)9-19/h4-5,8,10-11H,6-7,9H2,1-3H3,(H,17,20). The van der Waals surface area contributed by atoms with Crippen molar-refractivity contribution in [1.29, 1.82) is 0 Å². The quantitative estimate of drug-likeness (QED) is 0.919. The lowest BCUT2D eigenvalue weighted by atomic mass is 10.2. The maximum Gasteiger partial charge on any atom is 0.322 e. The Morgan fingerprint density at radius 1 is 1.50 bits per heavy atom. The predicted octanol–water partition coefficient (Wildman–Crippen LogP) is 3.67. The first kappa shape index (κ1) is 15.2. The number of ether oxygens (including phenoxy) is 1. The third-order valence-corrected chi connectivity index (χ3v) is 5.00. The number of hydrogen-bond donors (Lipinski definition) is 1. The summed E-state index contributed by atoms with van der Waals surface area (Å²) in [6.07, 6.45) is 0.0945. The first-order valence-corrected chi connectivity index (χ1v) is 8.42. The summed E-state index contributed by atoms with van der Waals surface area (Å²) in [5.41, 5.74) is 1.81. The minimum Gasteiger partial charge on any atom is -0.375 e. The largest absolute Gasteiger partial charge is 0.375 e. The van der Waals surface area contributed by atoms with Gasteiger partial charge >= 0.3 is 6.03 Å². The van der Waals surface area contributed by atoms with Crippen molar-refractivity contribution in [3.63, 3.8) is 0 Å². The first-order chi connectivity index (χ1) is 10.5. The molecule has 0 aliphatic carbocycles. The molecule has 0 radical (unpaired) electrons. The lowest BCUT2D eigenvalue weighted by Gasteiger charge is -2.31. The van der Waals surface area contributed by atoms with E-state index in [1.54, 1.807) is 16.2 Å². The molecular weight excluding hydrogens is 298 g/mol. The number of benzene rings is 1. The van der Waals surface area contributed by atoms with Gasteiger partial charge in [0, 0.05) is 24.7 Å². The van der Waals surface area contributed by atoms with Crippen molar-refractivity contribution in [3.05, 3.63) is 23.2 Å². The minimum atomic E-state index is -0.0666. The number of aromatic nitrogens is 1. The molecule has 1 fully saturated rings. The Hall–Kier alpha value is -1.66. The van der Waals surface area contributed by atoms with Crippen molar-refractivity contribution < 1.29 is 9.53 Å². The number of fused-ring (bicyclic) bond motifs is 1. The summed E-state index contributed by atoms with van der Waals surface area (Å²) in [4.78, 5) is 18.7. The summed E-state index contributed by atoms with van der Waals surface area (Å²) in [6, 6.07) is 5.81. The van der Waals surface area contributed by atoms with Gasteiger partial charge in [-0.05, 0) is 25.1 Å². The van der Waals surface area contributed by atoms with Gasteiger partial charge in [0.15, 0.2) is 0 Å². The van der Waals surface area contributed by atoms with Crippen LogP contribution in [0.1, 0.15) is 31.7 Å². The van der Waals surface area contributed by atoms with E-state index in [0.717, 1.165) is 20.9 Å². The van der Waals surface area contributed by atoms with Crippen LogP contribution in [0.3, 0.4) is 0 Å². The lowest BCUT2D eigenvalue weighted by Crippen LogP contribution is -2.46. The van der Waals surface area contributed by atoms with E-state index < -0.39 is 0 Å². The Kier molecular flexibility index (Phi) is 4.31. The van der Waals surface area contributed by atoms with Gasteiger partial charge < -0.3 is 15.0 Å². The molecule has 2 aromatic rings. The molecule has 1 N–H and O–H groups in total. The van der Waals surface area contributed by atoms with Gasteiger partial charge in [-0.1, -0.05) is 13.8 Å². The molecule has 1 aliphatic rings. The Bertz CT molecular complexity index is 683. The van der Waals surface area contributed by atoms with Crippen molar-refractivity contribution in [2.24, 2.45) is 0 Å². The number of carbonyl (C=O) groups excluding carboxylic acids is 1. The molecule has 2 heterocycles. The lowest BCUT2D eigenvalue weighted by molar-refractivity contribution is -0.00138. The van der Waals surface area contributed by atoms with Gasteiger partial charge in [-0.3, -0.25) is 0 Å². The molecule has 118 valence electrons. The number of amides is 2. The van der Waals surface area contributed by atoms with Crippen LogP contribution < -0.4 is 5.32 Å². The average Bonchev–Trinajstić information content (AvgIpc) is 2.90. The van der Waals surface area contributed by atoms with Gasteiger partial charge in [-0.15, -0.1) is 11.3 Å². The number of thiazole rings is 1. The number of nitrogens with one attached hydrogen (secondary N) is 1. The molecule has 5 nitrogen and oxygen atoms in total. The van der Waals surface area contributed by atoms with E-state index in [1.807, 2.05) is 25.1 Å². The predicted molar refractivity (Wildman–Crippen MR) is 89.7 cm³/mol. The van der Waals surface area contributed by atoms with Crippen LogP contribution in [0, 0.1) is 0 Å². The Morgan fingerprint density at radius 3 is 3.05 bits per heavy atom. The van der Waals surface area contributed by atoms with Gasteiger partial charge in [0.25, 0.3) is 0 Å². The smallest absolute Gasteiger partial charge is 0.322 e. The number of anilines is 1. The van der Waals surface area contributed by atoms with Crippen molar-refractivity contribution in [1.82, 2.24) is 9.88 Å². The van der Waals surface area contributed by atoms with Crippen LogP contribution in [0.4, 0.5) is 10.5 Å². The van der Waals surface area contributed by atoms with Gasteiger partial charge in [0.1, 0.15) is 0 Å². The number of hydrogen-bond acceptors (Lipinski definition) is 4. The van der Waals surface area contributed by atoms with E-state index in [0.29, 0.717) is 25.6 Å². The zero-order chi connectivity index (χ0) is 15.7. The summed E-state index contributed by atoms with van der Waals surface area (Å²) in [6.45, 7) is 8.12. The Labute approximate surface area is 134 Å². The normalized spacial score (nSPS) is 18.9. The zero-order valence-electron chi connectivity index (χ0n) is 13.1. The molecule has 1 atom stereocenters. The molecule has 0 saturated carbocycles. The summed E-state index contributed by atoms with van der Waals surface area (Å²) in [5, 5.41) is 4.10. The summed E-state index contributed by atoms with van der Waals surface area (Å²) >= 11 is 1.69. The second-order valence-corrected chi connectivity index (χ2v) is 7.01. The third kappa shape index (κ3) is 3.23. The maximum absolute atomic E-state index is 12.3. The molecule has 1 aromatic carbocycles. The molecule has 3 rings (SSSR count). The monoisotopic (exact) mass is 319 g/mol. The highest BCUT2D eigenvalue weighted by atomic mass is 32.1. The van der Waals surface area contributed by atoms with Crippen molar-refractivity contribution in [2.75, 3.05) is 25.0 Å². The SMILES string of the molecule is CC1CN(C(=O)Nc2ccc3nc(C(C)C)sc3c2)CCO1. The van der Waals surface area contributed by atoms with Crippen molar-refractivity contribution in [2.45, 2.75) is 32.8 Å². The van der Waals surface area contributed by atoms with E-state index in [-0.39, 0.29) is 12.1 Å². The number of urea groups is 1. The van der Waals surface area contributed by atoms with Gasteiger partial charge in [-0.2, -0.15) is 0 Å². The Balaban J connectivity index is 1.74. The molecule has 0 bridgehead atoms. The molecular formula is C16H21N3O2S. The van der Waals surface area contributed by atoms with Crippen LogP contribution in [0.25, 0.3) is 10.2 Å². The van der Waals surface area contributed by atoms with E-state index in [4.69, 9.17) is 4.74 Å². The van der Waals surface area contributed by atoms with Crippen LogP contribution in [-0.2, 0) is 4.74 Å². The average molecular weight is 319 g/mol. The highest BCUT2D eigenvalue weighted by molar-refractivity contribution is 7.18. The topological polar surface area (TPSA) is 54.5 Å². The first-order valence-electron chi connectivity index (χ1n) is 7.61. The molecule has 2 amide bonds. The highest BCUT2D eigenvalue weighted by Crippen LogP contribution is 2.29. The van der Waals surface area contributed by atoms with Crippen molar-refractivity contribution >= 4 is 33.3 Å². The van der Waals surface area contributed by atoms with Crippen LogP contribution in [0.5, 0.6) is 0 Å². The Morgan fingerprint density at radius 2 is 2.32 bits per heavy atom. The molecule has 1 aromatic heterocycles. The van der Waals surface area contributed by atoms with E-state index in [2.05, 4.69) is 24.1 Å². The fourth-order valence-electron chi connectivity index (χ4n) is 2.47. The number of rotatable bonds is 2. The molecule has 22 heavy (non-hydrogen) atoms. The van der Waals surface area contributed by atoms with E-state index >= 15 is 0 Å². The second kappa shape index (κ2) is 6.22. The molecule has 6 heteroatoms. The molecule has 1 unspecified atom stereocenters. The minimum absolute atomic E-state index is 0.0666. The van der Waals surface area contributed by atoms with E-state index in [9.17, 15) is 4.79 Å². The molecule has 1 aliphatic heterocycles. The summed E-state index contributed by atoms with van der Waals surface area (Å²) in [5.74, 6) is 0.422. The fraction of sp³-hybridized carbons (Fsp3) is 0.500.